The average Bonchev–Trinajstić information content (AvgIpc) is 2.69. The average molecular weight is 360 g/mol. The third-order valence-electron chi connectivity index (χ3n) is 4.30. The highest BCUT2D eigenvalue weighted by atomic mass is 35.5. The summed E-state index contributed by atoms with van der Waals surface area (Å²) in [5, 5.41) is 1.88. The normalized spacial score (nSPS) is 10.8. The van der Waals surface area contributed by atoms with Crippen molar-refractivity contribution in [3.63, 3.8) is 0 Å². The van der Waals surface area contributed by atoms with Gasteiger partial charge in [-0.15, -0.1) is 0 Å². The number of ether oxygens (including phenoxy) is 1. The molecule has 2 nitrogen and oxygen atoms in total. The zero-order valence-electron chi connectivity index (χ0n) is 14.2. The van der Waals surface area contributed by atoms with E-state index in [4.69, 9.17) is 21.3 Å². The maximum absolute atomic E-state index is 5.89. The lowest BCUT2D eigenvalue weighted by Crippen LogP contribution is -1.95. The molecule has 0 N–H and O–H groups in total. The Morgan fingerprint density at radius 3 is 2.15 bits per heavy atom. The second-order valence-electron chi connectivity index (χ2n) is 6.20. The second kappa shape index (κ2) is 7.59. The van der Waals surface area contributed by atoms with Gasteiger partial charge in [-0.25, -0.2) is 0 Å². The number of hydrogen-bond donors (Lipinski definition) is 0. The summed E-state index contributed by atoms with van der Waals surface area (Å²) in [7, 11) is 0. The molecule has 0 aliphatic rings. The van der Waals surface area contributed by atoms with Crippen LogP contribution in [0.2, 0.25) is 5.02 Å². The van der Waals surface area contributed by atoms with E-state index in [-0.39, 0.29) is 0 Å². The summed E-state index contributed by atoms with van der Waals surface area (Å²) in [6.45, 7) is 0. The van der Waals surface area contributed by atoms with Crippen LogP contribution in [-0.4, -0.2) is 4.98 Å². The second-order valence-corrected chi connectivity index (χ2v) is 6.63. The highest BCUT2D eigenvalue weighted by Gasteiger charge is 2.02. The van der Waals surface area contributed by atoms with Crippen molar-refractivity contribution < 1.29 is 4.74 Å². The quantitative estimate of drug-likeness (QED) is 0.407. The van der Waals surface area contributed by atoms with Gasteiger partial charge in [0.2, 0.25) is 0 Å². The van der Waals surface area contributed by atoms with Crippen LogP contribution in [0.5, 0.6) is 11.5 Å². The molecule has 0 unspecified atom stereocenters. The Morgan fingerprint density at radius 1 is 0.692 bits per heavy atom. The number of rotatable bonds is 5. The molecule has 0 radical (unpaired) electrons. The SMILES string of the molecule is Clc1ccc(Oc2ccc(CCc3ccc4ccccc4n3)cc2)cc1. The van der Waals surface area contributed by atoms with Gasteiger partial charge in [-0.3, -0.25) is 4.98 Å². The molecule has 0 atom stereocenters. The number of hydrogen-bond acceptors (Lipinski definition) is 2. The molecule has 1 aromatic heterocycles. The summed E-state index contributed by atoms with van der Waals surface area (Å²) in [6, 6.07) is 28.0. The van der Waals surface area contributed by atoms with E-state index in [1.54, 1.807) is 0 Å². The van der Waals surface area contributed by atoms with Gasteiger partial charge in [0, 0.05) is 16.1 Å². The highest BCUT2D eigenvalue weighted by Crippen LogP contribution is 2.23. The Bertz CT molecular complexity index is 1010. The largest absolute Gasteiger partial charge is 0.457 e. The van der Waals surface area contributed by atoms with E-state index in [2.05, 4.69) is 36.4 Å². The first-order chi connectivity index (χ1) is 12.8. The molecule has 4 aromatic rings. The number of pyridine rings is 1. The van der Waals surface area contributed by atoms with Crippen molar-refractivity contribution in [1.29, 1.82) is 0 Å². The Morgan fingerprint density at radius 2 is 1.38 bits per heavy atom. The summed E-state index contributed by atoms with van der Waals surface area (Å²) < 4.78 is 5.83. The van der Waals surface area contributed by atoms with Crippen LogP contribution in [0.3, 0.4) is 0 Å². The summed E-state index contributed by atoms with van der Waals surface area (Å²) in [5.41, 5.74) is 3.44. The van der Waals surface area contributed by atoms with Crippen molar-refractivity contribution in [3.05, 3.63) is 101 Å². The summed E-state index contributed by atoms with van der Waals surface area (Å²) in [6.07, 6.45) is 1.87. The van der Waals surface area contributed by atoms with Gasteiger partial charge < -0.3 is 4.74 Å². The Kier molecular flexibility index (Phi) is 4.85. The van der Waals surface area contributed by atoms with Gasteiger partial charge in [0.1, 0.15) is 11.5 Å². The Labute approximate surface area is 158 Å². The first-order valence-corrected chi connectivity index (χ1v) is 9.01. The fourth-order valence-corrected chi connectivity index (χ4v) is 3.01. The number of para-hydroxylation sites is 1. The summed E-state index contributed by atoms with van der Waals surface area (Å²) in [4.78, 5) is 4.74. The van der Waals surface area contributed by atoms with Crippen LogP contribution in [0.1, 0.15) is 11.3 Å². The first-order valence-electron chi connectivity index (χ1n) is 8.63. The van der Waals surface area contributed by atoms with Crippen molar-refractivity contribution in [2.45, 2.75) is 12.8 Å². The van der Waals surface area contributed by atoms with Crippen LogP contribution in [0, 0.1) is 0 Å². The molecular formula is C23H18ClNO. The highest BCUT2D eigenvalue weighted by molar-refractivity contribution is 6.30. The zero-order chi connectivity index (χ0) is 17.8. The van der Waals surface area contributed by atoms with Crippen molar-refractivity contribution in [3.8, 4) is 11.5 Å². The van der Waals surface area contributed by atoms with Gasteiger partial charge in [0.15, 0.2) is 0 Å². The van der Waals surface area contributed by atoms with Crippen LogP contribution in [-0.2, 0) is 12.8 Å². The van der Waals surface area contributed by atoms with Crippen molar-refractivity contribution >= 4 is 22.5 Å². The smallest absolute Gasteiger partial charge is 0.127 e. The van der Waals surface area contributed by atoms with Gasteiger partial charge in [-0.1, -0.05) is 48.0 Å². The van der Waals surface area contributed by atoms with E-state index in [0.29, 0.717) is 5.02 Å². The lowest BCUT2D eigenvalue weighted by atomic mass is 10.1. The minimum absolute atomic E-state index is 0.704. The van der Waals surface area contributed by atoms with Gasteiger partial charge >= 0.3 is 0 Å². The summed E-state index contributed by atoms with van der Waals surface area (Å²) >= 11 is 5.89. The van der Waals surface area contributed by atoms with Crippen molar-refractivity contribution in [1.82, 2.24) is 4.98 Å². The predicted octanol–water partition coefficient (Wildman–Crippen LogP) is 6.47. The maximum atomic E-state index is 5.89. The predicted molar refractivity (Wildman–Crippen MR) is 107 cm³/mol. The van der Waals surface area contributed by atoms with Crippen LogP contribution < -0.4 is 4.74 Å². The van der Waals surface area contributed by atoms with Crippen molar-refractivity contribution in [2.24, 2.45) is 0 Å². The zero-order valence-corrected chi connectivity index (χ0v) is 15.0. The lowest BCUT2D eigenvalue weighted by molar-refractivity contribution is 0.482. The van der Waals surface area contributed by atoms with E-state index in [1.165, 1.54) is 10.9 Å². The summed E-state index contributed by atoms with van der Waals surface area (Å²) in [5.74, 6) is 1.60. The molecule has 0 bridgehead atoms. The number of halogens is 1. The van der Waals surface area contributed by atoms with E-state index in [9.17, 15) is 0 Å². The molecule has 3 aromatic carbocycles. The lowest BCUT2D eigenvalue weighted by Gasteiger charge is -2.07. The first kappa shape index (κ1) is 16.6. The minimum Gasteiger partial charge on any atom is -0.457 e. The molecule has 0 saturated heterocycles. The van der Waals surface area contributed by atoms with Crippen molar-refractivity contribution in [2.75, 3.05) is 0 Å². The monoisotopic (exact) mass is 359 g/mol. The van der Waals surface area contributed by atoms with Crippen LogP contribution in [0.25, 0.3) is 10.9 Å². The Hall–Kier alpha value is -2.84. The number of nitrogens with zero attached hydrogens (tertiary/aromatic N) is 1. The molecule has 3 heteroatoms. The third-order valence-corrected chi connectivity index (χ3v) is 4.55. The fraction of sp³-hybridized carbons (Fsp3) is 0.0870. The molecule has 0 aliphatic carbocycles. The van der Waals surface area contributed by atoms with Crippen LogP contribution >= 0.6 is 11.6 Å². The maximum Gasteiger partial charge on any atom is 0.127 e. The van der Waals surface area contributed by atoms with E-state index < -0.39 is 0 Å². The Balaban J connectivity index is 1.39. The molecule has 0 amide bonds. The number of fused-ring (bicyclic) bond motifs is 1. The molecule has 1 heterocycles. The molecule has 26 heavy (non-hydrogen) atoms. The van der Waals surface area contributed by atoms with Crippen LogP contribution in [0.4, 0.5) is 0 Å². The molecule has 4 rings (SSSR count). The molecule has 0 aliphatic heterocycles. The minimum atomic E-state index is 0.704. The van der Waals surface area contributed by atoms with E-state index in [1.807, 2.05) is 48.5 Å². The fourth-order valence-electron chi connectivity index (χ4n) is 2.88. The van der Waals surface area contributed by atoms with E-state index >= 15 is 0 Å². The van der Waals surface area contributed by atoms with E-state index in [0.717, 1.165) is 35.6 Å². The standard InChI is InChI=1S/C23H18ClNO/c24-19-9-15-22(16-10-19)26-21-13-6-17(7-14-21)5-11-20-12-8-18-3-1-2-4-23(18)25-20/h1-4,6-10,12-16H,5,11H2. The number of aromatic nitrogens is 1. The number of aryl methyl sites for hydroxylation is 2. The molecule has 0 saturated carbocycles. The molecule has 0 fully saturated rings. The van der Waals surface area contributed by atoms with Gasteiger partial charge in [0.05, 0.1) is 5.52 Å². The number of benzene rings is 3. The van der Waals surface area contributed by atoms with Gasteiger partial charge in [-0.05, 0) is 66.9 Å². The molecule has 128 valence electrons. The molecular weight excluding hydrogens is 342 g/mol. The third kappa shape index (κ3) is 4.04. The van der Waals surface area contributed by atoms with Crippen LogP contribution in [0.15, 0.2) is 84.9 Å². The van der Waals surface area contributed by atoms with Gasteiger partial charge in [0.25, 0.3) is 0 Å². The van der Waals surface area contributed by atoms with Gasteiger partial charge in [-0.2, -0.15) is 0 Å². The topological polar surface area (TPSA) is 22.1 Å². The molecule has 0 spiro atoms.